The highest BCUT2D eigenvalue weighted by atomic mass is 15.1. The highest BCUT2D eigenvalue weighted by Crippen LogP contribution is 2.32. The first-order valence-electron chi connectivity index (χ1n) is 6.75. The van der Waals surface area contributed by atoms with Crippen molar-refractivity contribution in [1.82, 2.24) is 14.5 Å². The molecule has 3 rings (SSSR count). The maximum absolute atomic E-state index is 6.18. The Labute approximate surface area is 107 Å². The fraction of sp³-hybridized carbons (Fsp3) is 0.500. The molecule has 0 fully saturated rings. The standard InChI is InChI=1S/C14H20N4/c1-2-12(14-16-7-8-17-14)18-9-6-10-11(15)4-3-5-13(10)18/h6-9,11-12H,2-5,15H2,1H3,(H,16,17). The summed E-state index contributed by atoms with van der Waals surface area (Å²) < 4.78 is 2.35. The van der Waals surface area contributed by atoms with E-state index >= 15 is 0 Å². The van der Waals surface area contributed by atoms with Gasteiger partial charge in [-0.15, -0.1) is 0 Å². The number of nitrogens with one attached hydrogen (secondary N) is 1. The van der Waals surface area contributed by atoms with Crippen LogP contribution in [0.2, 0.25) is 0 Å². The highest BCUT2D eigenvalue weighted by molar-refractivity contribution is 5.29. The fourth-order valence-corrected chi connectivity index (χ4v) is 3.03. The number of aromatic nitrogens is 3. The minimum atomic E-state index is 0.212. The molecule has 0 radical (unpaired) electrons. The lowest BCUT2D eigenvalue weighted by atomic mass is 9.93. The Hall–Kier alpha value is -1.55. The largest absolute Gasteiger partial charge is 0.347 e. The summed E-state index contributed by atoms with van der Waals surface area (Å²) in [5.41, 5.74) is 8.91. The van der Waals surface area contributed by atoms with Crippen LogP contribution in [-0.2, 0) is 6.42 Å². The molecule has 0 spiro atoms. The second-order valence-electron chi connectivity index (χ2n) is 5.02. The Morgan fingerprint density at radius 2 is 2.50 bits per heavy atom. The van der Waals surface area contributed by atoms with E-state index in [9.17, 15) is 0 Å². The average Bonchev–Trinajstić information content (AvgIpc) is 3.01. The maximum atomic E-state index is 6.18. The van der Waals surface area contributed by atoms with Crippen molar-refractivity contribution in [3.8, 4) is 0 Å². The molecule has 2 heterocycles. The van der Waals surface area contributed by atoms with E-state index in [1.165, 1.54) is 17.7 Å². The summed E-state index contributed by atoms with van der Waals surface area (Å²) in [6, 6.07) is 2.70. The van der Waals surface area contributed by atoms with Crippen LogP contribution < -0.4 is 5.73 Å². The molecule has 18 heavy (non-hydrogen) atoms. The van der Waals surface area contributed by atoms with E-state index in [0.29, 0.717) is 6.04 Å². The van der Waals surface area contributed by atoms with E-state index < -0.39 is 0 Å². The number of rotatable bonds is 3. The summed E-state index contributed by atoms with van der Waals surface area (Å²) in [4.78, 5) is 7.63. The molecule has 2 aromatic heterocycles. The third-order valence-electron chi connectivity index (χ3n) is 3.95. The first kappa shape index (κ1) is 11.5. The van der Waals surface area contributed by atoms with Crippen LogP contribution in [-0.4, -0.2) is 14.5 Å². The van der Waals surface area contributed by atoms with Gasteiger partial charge in [0, 0.05) is 30.3 Å². The Kier molecular flexibility index (Phi) is 2.96. The Bertz CT molecular complexity index is 512. The monoisotopic (exact) mass is 244 g/mol. The maximum Gasteiger partial charge on any atom is 0.129 e. The van der Waals surface area contributed by atoms with Gasteiger partial charge in [0.05, 0.1) is 6.04 Å². The quantitative estimate of drug-likeness (QED) is 0.871. The molecule has 0 aromatic carbocycles. The van der Waals surface area contributed by atoms with Crippen molar-refractivity contribution in [3.05, 3.63) is 41.7 Å². The van der Waals surface area contributed by atoms with Crippen molar-refractivity contribution in [2.24, 2.45) is 5.73 Å². The van der Waals surface area contributed by atoms with Crippen LogP contribution >= 0.6 is 0 Å². The van der Waals surface area contributed by atoms with Crippen molar-refractivity contribution in [2.75, 3.05) is 0 Å². The summed E-state index contributed by atoms with van der Waals surface area (Å²) in [6.07, 6.45) is 10.3. The molecule has 0 amide bonds. The number of nitrogens with zero attached hydrogens (tertiary/aromatic N) is 2. The average molecular weight is 244 g/mol. The first-order chi connectivity index (χ1) is 8.81. The number of hydrogen-bond acceptors (Lipinski definition) is 2. The van der Waals surface area contributed by atoms with Gasteiger partial charge in [0.25, 0.3) is 0 Å². The molecule has 0 saturated heterocycles. The van der Waals surface area contributed by atoms with Gasteiger partial charge in [0.2, 0.25) is 0 Å². The van der Waals surface area contributed by atoms with Gasteiger partial charge in [-0.3, -0.25) is 0 Å². The van der Waals surface area contributed by atoms with E-state index in [1.54, 1.807) is 0 Å². The van der Waals surface area contributed by atoms with Crippen LogP contribution in [0.4, 0.5) is 0 Å². The summed E-state index contributed by atoms with van der Waals surface area (Å²) in [5, 5.41) is 0. The van der Waals surface area contributed by atoms with Gasteiger partial charge in [0.15, 0.2) is 0 Å². The molecule has 4 nitrogen and oxygen atoms in total. The van der Waals surface area contributed by atoms with Crippen molar-refractivity contribution >= 4 is 0 Å². The van der Waals surface area contributed by atoms with Crippen LogP contribution in [0.15, 0.2) is 24.7 Å². The second kappa shape index (κ2) is 4.61. The molecule has 4 heteroatoms. The number of fused-ring (bicyclic) bond motifs is 1. The number of aromatic amines is 1. The highest BCUT2D eigenvalue weighted by Gasteiger charge is 2.24. The SMILES string of the molecule is CCC(c1ncc[nH]1)n1ccc2c1CCCC2N. The van der Waals surface area contributed by atoms with E-state index in [-0.39, 0.29) is 6.04 Å². The second-order valence-corrected chi connectivity index (χ2v) is 5.02. The lowest BCUT2D eigenvalue weighted by Crippen LogP contribution is -2.20. The van der Waals surface area contributed by atoms with E-state index in [2.05, 4.69) is 33.7 Å². The molecular weight excluding hydrogens is 224 g/mol. The zero-order valence-corrected chi connectivity index (χ0v) is 10.8. The van der Waals surface area contributed by atoms with Gasteiger partial charge in [-0.2, -0.15) is 0 Å². The van der Waals surface area contributed by atoms with E-state index in [4.69, 9.17) is 5.73 Å². The van der Waals surface area contributed by atoms with Crippen LogP contribution in [0.1, 0.15) is 55.4 Å². The predicted molar refractivity (Wildman–Crippen MR) is 71.3 cm³/mol. The molecule has 2 atom stereocenters. The minimum absolute atomic E-state index is 0.212. The van der Waals surface area contributed by atoms with E-state index in [1.807, 2.05) is 12.4 Å². The lowest BCUT2D eigenvalue weighted by Gasteiger charge is -2.24. The predicted octanol–water partition coefficient (Wildman–Crippen LogP) is 2.55. The lowest BCUT2D eigenvalue weighted by molar-refractivity contribution is 0.489. The van der Waals surface area contributed by atoms with Gasteiger partial charge >= 0.3 is 0 Å². The third-order valence-corrected chi connectivity index (χ3v) is 3.95. The van der Waals surface area contributed by atoms with Crippen LogP contribution in [0, 0.1) is 0 Å². The van der Waals surface area contributed by atoms with Crippen LogP contribution in [0.3, 0.4) is 0 Å². The van der Waals surface area contributed by atoms with Gasteiger partial charge in [-0.25, -0.2) is 4.98 Å². The van der Waals surface area contributed by atoms with Gasteiger partial charge in [-0.1, -0.05) is 6.92 Å². The molecular formula is C14H20N4. The Morgan fingerprint density at radius 1 is 1.61 bits per heavy atom. The van der Waals surface area contributed by atoms with E-state index in [0.717, 1.165) is 25.1 Å². The molecule has 1 aliphatic carbocycles. The molecule has 3 N–H and O–H groups in total. The number of H-pyrrole nitrogens is 1. The van der Waals surface area contributed by atoms with Crippen molar-refractivity contribution < 1.29 is 0 Å². The Morgan fingerprint density at radius 3 is 3.22 bits per heavy atom. The minimum Gasteiger partial charge on any atom is -0.347 e. The van der Waals surface area contributed by atoms with Gasteiger partial charge < -0.3 is 15.3 Å². The summed E-state index contributed by atoms with van der Waals surface area (Å²) >= 11 is 0. The summed E-state index contributed by atoms with van der Waals surface area (Å²) in [7, 11) is 0. The molecule has 2 unspecified atom stereocenters. The molecule has 96 valence electrons. The fourth-order valence-electron chi connectivity index (χ4n) is 3.03. The summed E-state index contributed by atoms with van der Waals surface area (Å²) in [6.45, 7) is 2.20. The third kappa shape index (κ3) is 1.77. The molecule has 0 bridgehead atoms. The van der Waals surface area contributed by atoms with Gasteiger partial charge in [-0.05, 0) is 37.3 Å². The molecule has 2 aromatic rings. The van der Waals surface area contributed by atoms with Crippen molar-refractivity contribution in [2.45, 2.75) is 44.7 Å². The topological polar surface area (TPSA) is 59.6 Å². The van der Waals surface area contributed by atoms with Crippen LogP contribution in [0.5, 0.6) is 0 Å². The van der Waals surface area contributed by atoms with Crippen molar-refractivity contribution in [1.29, 1.82) is 0 Å². The van der Waals surface area contributed by atoms with Crippen LogP contribution in [0.25, 0.3) is 0 Å². The molecule has 0 saturated carbocycles. The number of imidazole rings is 1. The van der Waals surface area contributed by atoms with Crippen molar-refractivity contribution in [3.63, 3.8) is 0 Å². The summed E-state index contributed by atoms with van der Waals surface area (Å²) in [5.74, 6) is 1.04. The molecule has 1 aliphatic rings. The smallest absolute Gasteiger partial charge is 0.129 e. The normalized spacial score (nSPS) is 20.7. The zero-order chi connectivity index (χ0) is 12.5. The Balaban J connectivity index is 2.01. The first-order valence-corrected chi connectivity index (χ1v) is 6.75. The molecule has 0 aliphatic heterocycles. The van der Waals surface area contributed by atoms with Gasteiger partial charge in [0.1, 0.15) is 5.82 Å². The zero-order valence-electron chi connectivity index (χ0n) is 10.8. The number of hydrogen-bond donors (Lipinski definition) is 2. The number of nitrogens with two attached hydrogens (primary N) is 1.